The molecule has 0 fully saturated rings. The number of hydrogen-bond acceptors (Lipinski definition) is 5. The minimum Gasteiger partial charge on any atom is -0.493 e. The number of nitrogens with zero attached hydrogens (tertiary/aromatic N) is 2. The van der Waals surface area contributed by atoms with Crippen LogP contribution in [0.1, 0.15) is 27.3 Å². The highest BCUT2D eigenvalue weighted by molar-refractivity contribution is 6.00. The van der Waals surface area contributed by atoms with Crippen molar-refractivity contribution in [3.63, 3.8) is 0 Å². The third kappa shape index (κ3) is 5.51. The highest BCUT2D eigenvalue weighted by Gasteiger charge is 2.12. The number of amides is 2. The summed E-state index contributed by atoms with van der Waals surface area (Å²) in [6.45, 7) is 3.52. The Balaban J connectivity index is 1.58. The molecule has 0 radical (unpaired) electrons. The molecule has 0 aliphatic carbocycles. The van der Waals surface area contributed by atoms with Gasteiger partial charge in [0.15, 0.2) is 18.1 Å². The standard InChI is InChI=1S/C23H24N4O4/c1-16-13-19(17(2)27(16)26-23(29)18-9-5-4-6-10-18)14-24-25-22(28)15-31-21-12-8-7-11-20(21)30-3/h4-14H,15H2,1-3H3,(H,25,28)(H,26,29)/b24-14+. The maximum Gasteiger partial charge on any atom is 0.277 e. The molecule has 2 amide bonds. The molecule has 0 saturated heterocycles. The molecular weight excluding hydrogens is 396 g/mol. The van der Waals surface area contributed by atoms with Gasteiger partial charge in [-0.2, -0.15) is 5.10 Å². The molecule has 0 saturated carbocycles. The van der Waals surface area contributed by atoms with E-state index >= 15 is 0 Å². The summed E-state index contributed by atoms with van der Waals surface area (Å²) in [5.74, 6) is 0.395. The summed E-state index contributed by atoms with van der Waals surface area (Å²) in [5.41, 5.74) is 8.22. The van der Waals surface area contributed by atoms with E-state index in [2.05, 4.69) is 16.0 Å². The van der Waals surface area contributed by atoms with Crippen molar-refractivity contribution in [2.24, 2.45) is 5.10 Å². The van der Waals surface area contributed by atoms with Crippen molar-refractivity contribution in [2.75, 3.05) is 19.1 Å². The number of aryl methyl sites for hydroxylation is 1. The summed E-state index contributed by atoms with van der Waals surface area (Å²) in [5, 5.41) is 3.99. The van der Waals surface area contributed by atoms with Crippen molar-refractivity contribution in [1.82, 2.24) is 10.1 Å². The molecule has 0 bridgehead atoms. The molecule has 0 spiro atoms. The predicted octanol–water partition coefficient (Wildman–Crippen LogP) is 3.03. The van der Waals surface area contributed by atoms with Gasteiger partial charge in [0, 0.05) is 22.5 Å². The quantitative estimate of drug-likeness (QED) is 0.433. The average Bonchev–Trinajstić information content (AvgIpc) is 3.06. The van der Waals surface area contributed by atoms with Gasteiger partial charge >= 0.3 is 0 Å². The summed E-state index contributed by atoms with van der Waals surface area (Å²) >= 11 is 0. The Hall–Kier alpha value is -4.07. The van der Waals surface area contributed by atoms with Crippen LogP contribution in [0.3, 0.4) is 0 Å². The van der Waals surface area contributed by atoms with Crippen molar-refractivity contribution in [2.45, 2.75) is 13.8 Å². The van der Waals surface area contributed by atoms with Gasteiger partial charge in [-0.1, -0.05) is 30.3 Å². The lowest BCUT2D eigenvalue weighted by Crippen LogP contribution is -2.25. The minimum absolute atomic E-state index is 0.204. The number of carbonyl (C=O) groups excluding carboxylic acids is 2. The number of hydrogen-bond donors (Lipinski definition) is 2. The lowest BCUT2D eigenvalue weighted by atomic mass is 10.2. The molecule has 0 atom stereocenters. The van der Waals surface area contributed by atoms with Crippen LogP contribution in [0.25, 0.3) is 0 Å². The van der Waals surface area contributed by atoms with E-state index in [-0.39, 0.29) is 12.5 Å². The Kier molecular flexibility index (Phi) is 7.05. The Morgan fingerprint density at radius 1 is 1.03 bits per heavy atom. The number of carbonyl (C=O) groups is 2. The number of ether oxygens (including phenoxy) is 2. The second-order valence-corrected chi connectivity index (χ2v) is 6.70. The fourth-order valence-corrected chi connectivity index (χ4v) is 2.93. The molecule has 1 aromatic heterocycles. The fraction of sp³-hybridized carbons (Fsp3) is 0.174. The highest BCUT2D eigenvalue weighted by atomic mass is 16.5. The molecule has 160 valence electrons. The number of hydrazone groups is 1. The smallest absolute Gasteiger partial charge is 0.277 e. The number of para-hydroxylation sites is 2. The Morgan fingerprint density at radius 3 is 2.42 bits per heavy atom. The molecule has 0 aliphatic rings. The van der Waals surface area contributed by atoms with E-state index in [9.17, 15) is 9.59 Å². The molecule has 31 heavy (non-hydrogen) atoms. The lowest BCUT2D eigenvalue weighted by Gasteiger charge is -2.11. The molecule has 8 heteroatoms. The summed E-state index contributed by atoms with van der Waals surface area (Å²) in [6, 6.07) is 17.9. The van der Waals surface area contributed by atoms with Gasteiger partial charge in [-0.15, -0.1) is 0 Å². The summed E-state index contributed by atoms with van der Waals surface area (Å²) in [4.78, 5) is 24.4. The van der Waals surface area contributed by atoms with Gasteiger partial charge in [0.1, 0.15) is 0 Å². The van der Waals surface area contributed by atoms with Crippen LogP contribution >= 0.6 is 0 Å². The van der Waals surface area contributed by atoms with E-state index in [1.807, 2.05) is 44.2 Å². The largest absolute Gasteiger partial charge is 0.493 e. The van der Waals surface area contributed by atoms with Gasteiger partial charge in [0.05, 0.1) is 13.3 Å². The van der Waals surface area contributed by atoms with Gasteiger partial charge < -0.3 is 9.47 Å². The van der Waals surface area contributed by atoms with Crippen molar-refractivity contribution >= 4 is 18.0 Å². The summed E-state index contributed by atoms with van der Waals surface area (Å²) in [7, 11) is 1.53. The Labute approximate surface area is 180 Å². The molecule has 3 rings (SSSR count). The third-order valence-corrected chi connectivity index (χ3v) is 4.54. The van der Waals surface area contributed by atoms with E-state index in [0.29, 0.717) is 17.1 Å². The summed E-state index contributed by atoms with van der Waals surface area (Å²) in [6.07, 6.45) is 1.52. The van der Waals surface area contributed by atoms with Crippen LogP contribution in [-0.4, -0.2) is 36.4 Å². The third-order valence-electron chi connectivity index (χ3n) is 4.54. The lowest BCUT2D eigenvalue weighted by molar-refractivity contribution is -0.123. The highest BCUT2D eigenvalue weighted by Crippen LogP contribution is 2.25. The number of methoxy groups -OCH3 is 1. The first kappa shape index (κ1) is 21.6. The van der Waals surface area contributed by atoms with E-state index in [1.54, 1.807) is 35.0 Å². The first-order valence-electron chi connectivity index (χ1n) is 9.62. The number of nitrogens with one attached hydrogen (secondary N) is 2. The molecule has 3 aromatic rings. The van der Waals surface area contributed by atoms with E-state index in [1.165, 1.54) is 13.3 Å². The zero-order valence-corrected chi connectivity index (χ0v) is 17.6. The SMILES string of the molecule is COc1ccccc1OCC(=O)N/N=C/c1cc(C)n(NC(=O)c2ccccc2)c1C. The van der Waals surface area contributed by atoms with Gasteiger partial charge in [-0.25, -0.2) is 5.43 Å². The molecule has 0 aliphatic heterocycles. The maximum atomic E-state index is 12.4. The monoisotopic (exact) mass is 420 g/mol. The summed E-state index contributed by atoms with van der Waals surface area (Å²) < 4.78 is 12.3. The predicted molar refractivity (Wildman–Crippen MR) is 118 cm³/mol. The average molecular weight is 420 g/mol. The molecule has 0 unspecified atom stereocenters. The molecular formula is C23H24N4O4. The maximum absolute atomic E-state index is 12.4. The van der Waals surface area contributed by atoms with Crippen LogP contribution in [0.2, 0.25) is 0 Å². The zero-order valence-electron chi connectivity index (χ0n) is 17.6. The zero-order chi connectivity index (χ0) is 22.2. The molecule has 2 aromatic carbocycles. The van der Waals surface area contributed by atoms with Gasteiger partial charge in [-0.3, -0.25) is 19.7 Å². The van der Waals surface area contributed by atoms with Crippen LogP contribution < -0.4 is 20.3 Å². The molecule has 8 nitrogen and oxygen atoms in total. The van der Waals surface area contributed by atoms with E-state index in [4.69, 9.17) is 9.47 Å². The van der Waals surface area contributed by atoms with Crippen LogP contribution in [-0.2, 0) is 4.79 Å². The molecule has 2 N–H and O–H groups in total. The van der Waals surface area contributed by atoms with Crippen LogP contribution in [0, 0.1) is 13.8 Å². The van der Waals surface area contributed by atoms with Gasteiger partial charge in [-0.05, 0) is 44.2 Å². The minimum atomic E-state index is -0.409. The van der Waals surface area contributed by atoms with Crippen LogP contribution in [0.4, 0.5) is 0 Å². The topological polar surface area (TPSA) is 93.9 Å². The second-order valence-electron chi connectivity index (χ2n) is 6.70. The first-order valence-corrected chi connectivity index (χ1v) is 9.62. The van der Waals surface area contributed by atoms with Crippen LogP contribution in [0.15, 0.2) is 65.8 Å². The first-order chi connectivity index (χ1) is 15.0. The van der Waals surface area contributed by atoms with Crippen molar-refractivity contribution in [3.8, 4) is 11.5 Å². The Bertz CT molecular complexity index is 1090. The van der Waals surface area contributed by atoms with Crippen molar-refractivity contribution in [1.29, 1.82) is 0 Å². The second kappa shape index (κ2) is 10.1. The van der Waals surface area contributed by atoms with Gasteiger partial charge in [0.2, 0.25) is 0 Å². The Morgan fingerprint density at radius 2 is 1.71 bits per heavy atom. The fourth-order valence-electron chi connectivity index (χ4n) is 2.93. The van der Waals surface area contributed by atoms with Crippen molar-refractivity contribution in [3.05, 3.63) is 83.2 Å². The number of benzene rings is 2. The van der Waals surface area contributed by atoms with Gasteiger partial charge in [0.25, 0.3) is 11.8 Å². The number of aromatic nitrogens is 1. The van der Waals surface area contributed by atoms with Crippen molar-refractivity contribution < 1.29 is 19.1 Å². The van der Waals surface area contributed by atoms with E-state index in [0.717, 1.165) is 17.0 Å². The van der Waals surface area contributed by atoms with Crippen LogP contribution in [0.5, 0.6) is 11.5 Å². The van der Waals surface area contributed by atoms with E-state index < -0.39 is 5.91 Å². The number of rotatable bonds is 8. The molecule has 1 heterocycles. The normalized spacial score (nSPS) is 10.7.